The summed E-state index contributed by atoms with van der Waals surface area (Å²) < 4.78 is 5.90. The molecule has 1 aliphatic heterocycles. The van der Waals surface area contributed by atoms with E-state index in [1.807, 2.05) is 0 Å². The van der Waals surface area contributed by atoms with Gasteiger partial charge in [0.25, 0.3) is 0 Å². The van der Waals surface area contributed by atoms with E-state index in [1.165, 1.54) is 41.5 Å². The van der Waals surface area contributed by atoms with E-state index in [0.29, 0.717) is 6.61 Å². The summed E-state index contributed by atoms with van der Waals surface area (Å²) in [6.07, 6.45) is 3.77. The van der Waals surface area contributed by atoms with Gasteiger partial charge in [-0.3, -0.25) is 0 Å². The number of benzene rings is 2. The third-order valence-electron chi connectivity index (χ3n) is 4.40. The summed E-state index contributed by atoms with van der Waals surface area (Å²) in [7, 11) is 0. The van der Waals surface area contributed by atoms with Gasteiger partial charge in [0.05, 0.1) is 11.7 Å². The molecule has 2 heteroatoms. The van der Waals surface area contributed by atoms with E-state index in [0.717, 1.165) is 11.4 Å². The lowest BCUT2D eigenvalue weighted by molar-refractivity contribution is 0.286. The van der Waals surface area contributed by atoms with Crippen molar-refractivity contribution in [2.24, 2.45) is 0 Å². The molecule has 0 amide bonds. The van der Waals surface area contributed by atoms with Crippen molar-refractivity contribution in [3.05, 3.63) is 58.7 Å². The molecule has 2 aliphatic rings. The van der Waals surface area contributed by atoms with Gasteiger partial charge in [-0.25, -0.2) is 0 Å². The number of anilines is 1. The smallest absolute Gasteiger partial charge is 0.142 e. The van der Waals surface area contributed by atoms with Crippen LogP contribution in [0.4, 0.5) is 5.69 Å². The van der Waals surface area contributed by atoms with Crippen molar-refractivity contribution < 1.29 is 4.74 Å². The van der Waals surface area contributed by atoms with Crippen LogP contribution < -0.4 is 10.1 Å². The number of fused-ring (bicyclic) bond motifs is 2. The van der Waals surface area contributed by atoms with Crippen LogP contribution in [-0.4, -0.2) is 6.61 Å². The fraction of sp³-hybridized carbons (Fsp3) is 0.333. The van der Waals surface area contributed by atoms with E-state index in [2.05, 4.69) is 48.6 Å². The zero-order chi connectivity index (χ0) is 13.5. The van der Waals surface area contributed by atoms with E-state index < -0.39 is 0 Å². The lowest BCUT2D eigenvalue weighted by Gasteiger charge is -2.28. The third-order valence-corrected chi connectivity index (χ3v) is 4.40. The van der Waals surface area contributed by atoms with Crippen molar-refractivity contribution in [2.45, 2.75) is 32.2 Å². The highest BCUT2D eigenvalue weighted by molar-refractivity contribution is 5.60. The minimum absolute atomic E-state index is 0.259. The molecule has 4 rings (SSSR count). The van der Waals surface area contributed by atoms with Crippen LogP contribution in [0.5, 0.6) is 5.75 Å². The van der Waals surface area contributed by atoms with Gasteiger partial charge >= 0.3 is 0 Å². The van der Waals surface area contributed by atoms with Crippen molar-refractivity contribution in [2.75, 3.05) is 11.9 Å². The predicted octanol–water partition coefficient (Wildman–Crippen LogP) is 4.03. The number of rotatable bonds is 1. The molecule has 1 unspecified atom stereocenters. The van der Waals surface area contributed by atoms with Crippen LogP contribution in [0.3, 0.4) is 0 Å². The minimum Gasteiger partial charge on any atom is -0.489 e. The first-order valence-electron chi connectivity index (χ1n) is 7.41. The fourth-order valence-electron chi connectivity index (χ4n) is 3.27. The van der Waals surface area contributed by atoms with E-state index >= 15 is 0 Å². The van der Waals surface area contributed by atoms with E-state index in [9.17, 15) is 0 Å². The zero-order valence-electron chi connectivity index (χ0n) is 11.8. The summed E-state index contributed by atoms with van der Waals surface area (Å²) >= 11 is 0. The van der Waals surface area contributed by atoms with Gasteiger partial charge in [0, 0.05) is 0 Å². The van der Waals surface area contributed by atoms with Gasteiger partial charge in [-0.05, 0) is 60.6 Å². The molecule has 0 spiro atoms. The first-order valence-corrected chi connectivity index (χ1v) is 7.41. The average Bonchev–Trinajstić information content (AvgIpc) is 2.93. The molecule has 1 atom stereocenters. The van der Waals surface area contributed by atoms with Crippen LogP contribution in [0.25, 0.3) is 0 Å². The molecule has 0 saturated carbocycles. The standard InChI is InChI=1S/C18H19NO/c1-12-5-8-18-16(9-12)19-17(11-20-18)15-7-6-13-3-2-4-14(13)10-15/h5-10,17,19H,2-4,11H2,1H3. The maximum Gasteiger partial charge on any atom is 0.142 e. The van der Waals surface area contributed by atoms with Crippen molar-refractivity contribution >= 4 is 5.69 Å². The van der Waals surface area contributed by atoms with E-state index in [-0.39, 0.29) is 6.04 Å². The summed E-state index contributed by atoms with van der Waals surface area (Å²) in [5.74, 6) is 0.966. The molecule has 1 aliphatic carbocycles. The Morgan fingerprint density at radius 3 is 2.90 bits per heavy atom. The van der Waals surface area contributed by atoms with Crippen molar-refractivity contribution in [3.8, 4) is 5.75 Å². The number of hydrogen-bond acceptors (Lipinski definition) is 2. The second-order valence-electron chi connectivity index (χ2n) is 5.89. The van der Waals surface area contributed by atoms with Crippen LogP contribution in [0.1, 0.15) is 34.7 Å². The Hall–Kier alpha value is -1.96. The Balaban J connectivity index is 1.64. The van der Waals surface area contributed by atoms with Gasteiger partial charge in [0.2, 0.25) is 0 Å². The molecule has 0 radical (unpaired) electrons. The predicted molar refractivity (Wildman–Crippen MR) is 81.5 cm³/mol. The molecular weight excluding hydrogens is 246 g/mol. The topological polar surface area (TPSA) is 21.3 Å². The average molecular weight is 265 g/mol. The minimum atomic E-state index is 0.259. The second-order valence-corrected chi connectivity index (χ2v) is 5.89. The zero-order valence-corrected chi connectivity index (χ0v) is 11.8. The number of hydrogen-bond donors (Lipinski definition) is 1. The van der Waals surface area contributed by atoms with Gasteiger partial charge in [0.15, 0.2) is 0 Å². The first-order chi connectivity index (χ1) is 9.79. The van der Waals surface area contributed by atoms with Crippen LogP contribution in [0, 0.1) is 6.92 Å². The van der Waals surface area contributed by atoms with Gasteiger partial charge in [-0.15, -0.1) is 0 Å². The second kappa shape index (κ2) is 4.55. The van der Waals surface area contributed by atoms with Crippen LogP contribution in [0.2, 0.25) is 0 Å². The largest absolute Gasteiger partial charge is 0.489 e. The lowest BCUT2D eigenvalue weighted by atomic mass is 10.00. The van der Waals surface area contributed by atoms with Crippen molar-refractivity contribution in [1.29, 1.82) is 0 Å². The Bertz CT molecular complexity index is 662. The van der Waals surface area contributed by atoms with Crippen LogP contribution in [0.15, 0.2) is 36.4 Å². The van der Waals surface area contributed by atoms with E-state index in [1.54, 1.807) is 0 Å². The molecule has 102 valence electrons. The maximum atomic E-state index is 5.90. The van der Waals surface area contributed by atoms with Gasteiger partial charge in [-0.1, -0.05) is 24.3 Å². The van der Waals surface area contributed by atoms with Gasteiger partial charge < -0.3 is 10.1 Å². The molecule has 2 aromatic carbocycles. The highest BCUT2D eigenvalue weighted by atomic mass is 16.5. The number of ether oxygens (including phenoxy) is 1. The van der Waals surface area contributed by atoms with Gasteiger partial charge in [0.1, 0.15) is 12.4 Å². The Kier molecular flexibility index (Phi) is 2.69. The summed E-state index contributed by atoms with van der Waals surface area (Å²) in [4.78, 5) is 0. The van der Waals surface area contributed by atoms with Crippen LogP contribution >= 0.6 is 0 Å². The Labute approximate surface area is 119 Å². The van der Waals surface area contributed by atoms with E-state index in [4.69, 9.17) is 4.74 Å². The molecule has 0 saturated heterocycles. The molecule has 0 bridgehead atoms. The molecule has 0 aromatic heterocycles. The summed E-state index contributed by atoms with van der Waals surface area (Å²) in [6, 6.07) is 13.5. The highest BCUT2D eigenvalue weighted by Gasteiger charge is 2.22. The lowest BCUT2D eigenvalue weighted by Crippen LogP contribution is -2.24. The summed E-state index contributed by atoms with van der Waals surface area (Å²) in [6.45, 7) is 2.82. The normalized spacial score (nSPS) is 19.8. The van der Waals surface area contributed by atoms with Crippen molar-refractivity contribution in [3.63, 3.8) is 0 Å². The van der Waals surface area contributed by atoms with Crippen molar-refractivity contribution in [1.82, 2.24) is 0 Å². The molecule has 2 nitrogen and oxygen atoms in total. The molecule has 1 N–H and O–H groups in total. The number of nitrogens with one attached hydrogen (secondary N) is 1. The Morgan fingerprint density at radius 2 is 1.95 bits per heavy atom. The molecule has 20 heavy (non-hydrogen) atoms. The van der Waals surface area contributed by atoms with Gasteiger partial charge in [-0.2, -0.15) is 0 Å². The fourth-order valence-corrected chi connectivity index (χ4v) is 3.27. The summed E-state index contributed by atoms with van der Waals surface area (Å²) in [5, 5.41) is 3.62. The van der Waals surface area contributed by atoms with Crippen LogP contribution in [-0.2, 0) is 12.8 Å². The Morgan fingerprint density at radius 1 is 1.05 bits per heavy atom. The maximum absolute atomic E-state index is 5.90. The first kappa shape index (κ1) is 11.8. The molecule has 2 aromatic rings. The highest BCUT2D eigenvalue weighted by Crippen LogP contribution is 2.35. The quantitative estimate of drug-likeness (QED) is 0.840. The number of aryl methyl sites for hydroxylation is 3. The molecule has 0 fully saturated rings. The SMILES string of the molecule is Cc1ccc2c(c1)NC(c1ccc3c(c1)CCC3)CO2. The molecular formula is C18H19NO. The summed E-state index contributed by atoms with van der Waals surface area (Å²) in [5.41, 5.74) is 6.77. The monoisotopic (exact) mass is 265 g/mol. The molecule has 1 heterocycles. The third kappa shape index (κ3) is 1.96.